The normalized spacial score (nSPS) is 10.3. The van der Waals surface area contributed by atoms with Crippen LogP contribution < -0.4 is 16.7 Å². The molecule has 0 spiro atoms. The quantitative estimate of drug-likeness (QED) is 0.800. The molecule has 5 nitrogen and oxygen atoms in total. The van der Waals surface area contributed by atoms with Gasteiger partial charge >= 0.3 is 5.69 Å². The lowest BCUT2D eigenvalue weighted by Crippen LogP contribution is -2.17. The van der Waals surface area contributed by atoms with E-state index in [4.69, 9.17) is 5.73 Å². The van der Waals surface area contributed by atoms with Crippen LogP contribution in [-0.2, 0) is 0 Å². The Morgan fingerprint density at radius 1 is 1.44 bits per heavy atom. The van der Waals surface area contributed by atoms with Crippen molar-refractivity contribution >= 4 is 21.6 Å². The van der Waals surface area contributed by atoms with Crippen molar-refractivity contribution < 1.29 is 0 Å². The molecular formula is C12H13BrN4O. The molecule has 0 atom stereocenters. The molecule has 0 unspecified atom stereocenters. The van der Waals surface area contributed by atoms with Crippen LogP contribution in [0.15, 0.2) is 39.7 Å². The Balaban J connectivity index is 2.47. The first-order chi connectivity index (χ1) is 8.70. The summed E-state index contributed by atoms with van der Waals surface area (Å²) in [6.07, 6.45) is 1.52. The summed E-state index contributed by atoms with van der Waals surface area (Å²) in [7, 11) is 0. The average molecular weight is 309 g/mol. The fourth-order valence-corrected chi connectivity index (χ4v) is 2.01. The first-order valence-electron chi connectivity index (χ1n) is 5.50. The van der Waals surface area contributed by atoms with Crippen LogP contribution in [0.5, 0.6) is 0 Å². The fraction of sp³-hybridized carbons (Fsp3) is 0.167. The van der Waals surface area contributed by atoms with E-state index in [1.807, 2.05) is 24.3 Å². The summed E-state index contributed by atoms with van der Waals surface area (Å²) in [6, 6.07) is 7.68. The highest BCUT2D eigenvalue weighted by Gasteiger charge is 2.07. The fourth-order valence-electron chi connectivity index (χ4n) is 1.61. The van der Waals surface area contributed by atoms with Crippen LogP contribution >= 0.6 is 15.9 Å². The monoisotopic (exact) mass is 308 g/mol. The molecule has 2 rings (SSSR count). The van der Waals surface area contributed by atoms with Gasteiger partial charge in [-0.15, -0.1) is 0 Å². The number of aromatic amines is 1. The molecule has 2 aromatic rings. The first-order valence-corrected chi connectivity index (χ1v) is 6.29. The number of rotatable bonds is 4. The maximum Gasteiger partial charge on any atom is 0.345 e. The predicted octanol–water partition coefficient (Wildman–Crippen LogP) is 1.57. The van der Waals surface area contributed by atoms with Crippen LogP contribution in [0.1, 0.15) is 0 Å². The second kappa shape index (κ2) is 5.79. The number of hydrogen-bond acceptors (Lipinski definition) is 4. The second-order valence-corrected chi connectivity index (χ2v) is 4.62. The number of anilines is 1. The van der Waals surface area contributed by atoms with E-state index in [0.717, 1.165) is 15.7 Å². The zero-order valence-electron chi connectivity index (χ0n) is 9.61. The number of nitrogens with one attached hydrogen (secondary N) is 2. The summed E-state index contributed by atoms with van der Waals surface area (Å²) in [6.45, 7) is 1.13. The minimum absolute atomic E-state index is 0.372. The molecule has 18 heavy (non-hydrogen) atoms. The van der Waals surface area contributed by atoms with Gasteiger partial charge in [0, 0.05) is 23.1 Å². The molecule has 1 aromatic heterocycles. The summed E-state index contributed by atoms with van der Waals surface area (Å²) in [5, 5.41) is 3.14. The molecule has 1 aromatic carbocycles. The molecule has 0 aliphatic carbocycles. The molecule has 0 saturated heterocycles. The summed E-state index contributed by atoms with van der Waals surface area (Å²) >= 11 is 3.41. The molecule has 1 heterocycles. The van der Waals surface area contributed by atoms with Gasteiger partial charge in [-0.05, 0) is 12.1 Å². The third-order valence-electron chi connectivity index (χ3n) is 2.39. The number of nitrogens with zero attached hydrogens (tertiary/aromatic N) is 1. The molecular weight excluding hydrogens is 296 g/mol. The van der Waals surface area contributed by atoms with Gasteiger partial charge in [0.05, 0.1) is 17.6 Å². The smallest absolute Gasteiger partial charge is 0.345 e. The van der Waals surface area contributed by atoms with Gasteiger partial charge in [0.2, 0.25) is 0 Å². The number of halogens is 1. The average Bonchev–Trinajstić information content (AvgIpc) is 2.37. The van der Waals surface area contributed by atoms with E-state index in [1.54, 1.807) is 0 Å². The number of hydrogen-bond donors (Lipinski definition) is 3. The van der Waals surface area contributed by atoms with Crippen LogP contribution in [0.4, 0.5) is 5.69 Å². The third kappa shape index (κ3) is 2.96. The van der Waals surface area contributed by atoms with Crippen LogP contribution in [-0.4, -0.2) is 23.1 Å². The molecule has 94 valence electrons. The highest BCUT2D eigenvalue weighted by Crippen LogP contribution is 2.26. The molecule has 4 N–H and O–H groups in total. The maximum atomic E-state index is 11.3. The van der Waals surface area contributed by atoms with E-state index in [1.165, 1.54) is 6.20 Å². The third-order valence-corrected chi connectivity index (χ3v) is 2.88. The molecule has 0 aliphatic heterocycles. The Kier molecular flexibility index (Phi) is 4.11. The molecule has 0 bridgehead atoms. The van der Waals surface area contributed by atoms with Crippen LogP contribution in [0.3, 0.4) is 0 Å². The lowest BCUT2D eigenvalue weighted by molar-refractivity contribution is 1.01. The van der Waals surface area contributed by atoms with Crippen LogP contribution in [0, 0.1) is 0 Å². The van der Waals surface area contributed by atoms with Crippen molar-refractivity contribution in [2.45, 2.75) is 0 Å². The summed E-state index contributed by atoms with van der Waals surface area (Å²) in [5.74, 6) is 0. The van der Waals surface area contributed by atoms with Crippen molar-refractivity contribution in [3.63, 3.8) is 0 Å². The van der Waals surface area contributed by atoms with Crippen LogP contribution in [0.2, 0.25) is 0 Å². The van der Waals surface area contributed by atoms with Gasteiger partial charge in [0.15, 0.2) is 0 Å². The van der Waals surface area contributed by atoms with Crippen molar-refractivity contribution in [3.05, 3.63) is 45.4 Å². The van der Waals surface area contributed by atoms with Gasteiger partial charge in [0.25, 0.3) is 0 Å². The van der Waals surface area contributed by atoms with Crippen molar-refractivity contribution in [2.24, 2.45) is 5.73 Å². The Bertz CT molecular complexity index is 597. The lowest BCUT2D eigenvalue weighted by Gasteiger charge is -2.10. The number of nitrogens with two attached hydrogens (primary N) is 1. The van der Waals surface area contributed by atoms with Crippen molar-refractivity contribution in [1.29, 1.82) is 0 Å². The predicted molar refractivity (Wildman–Crippen MR) is 75.5 cm³/mol. The van der Waals surface area contributed by atoms with Gasteiger partial charge in [-0.3, -0.25) is 0 Å². The molecule has 0 saturated carbocycles. The van der Waals surface area contributed by atoms with E-state index < -0.39 is 0 Å². The van der Waals surface area contributed by atoms with Crippen LogP contribution in [0.25, 0.3) is 11.3 Å². The minimum atomic E-state index is -0.372. The van der Waals surface area contributed by atoms with E-state index in [2.05, 4.69) is 31.2 Å². The maximum absolute atomic E-state index is 11.3. The minimum Gasteiger partial charge on any atom is -0.381 e. The molecule has 0 fully saturated rings. The summed E-state index contributed by atoms with van der Waals surface area (Å²) in [5.41, 5.74) is 7.47. The zero-order valence-corrected chi connectivity index (χ0v) is 11.2. The topological polar surface area (TPSA) is 83.8 Å². The number of aromatic nitrogens is 2. The van der Waals surface area contributed by atoms with E-state index in [9.17, 15) is 4.79 Å². The van der Waals surface area contributed by atoms with Gasteiger partial charge in [-0.1, -0.05) is 28.1 Å². The molecule has 0 radical (unpaired) electrons. The van der Waals surface area contributed by atoms with E-state index in [0.29, 0.717) is 18.8 Å². The van der Waals surface area contributed by atoms with Crippen molar-refractivity contribution in [3.8, 4) is 11.3 Å². The second-order valence-electron chi connectivity index (χ2n) is 3.70. The Labute approximate surface area is 113 Å². The Morgan fingerprint density at radius 2 is 2.28 bits per heavy atom. The summed E-state index contributed by atoms with van der Waals surface area (Å²) < 4.78 is 0.947. The highest BCUT2D eigenvalue weighted by molar-refractivity contribution is 9.10. The number of benzene rings is 1. The SMILES string of the molecule is NCCNc1cnc(=O)[nH]c1-c1cccc(Br)c1. The molecule has 6 heteroatoms. The van der Waals surface area contributed by atoms with E-state index in [-0.39, 0.29) is 5.69 Å². The molecule has 0 aliphatic rings. The Hall–Kier alpha value is -1.66. The van der Waals surface area contributed by atoms with E-state index >= 15 is 0 Å². The largest absolute Gasteiger partial charge is 0.381 e. The lowest BCUT2D eigenvalue weighted by atomic mass is 10.1. The number of H-pyrrole nitrogens is 1. The van der Waals surface area contributed by atoms with Gasteiger partial charge in [0.1, 0.15) is 0 Å². The summed E-state index contributed by atoms with van der Waals surface area (Å²) in [4.78, 5) is 17.8. The van der Waals surface area contributed by atoms with Crippen molar-refractivity contribution in [1.82, 2.24) is 9.97 Å². The zero-order chi connectivity index (χ0) is 13.0. The standard InChI is InChI=1S/C12H13BrN4O/c13-9-3-1-2-8(6-9)11-10(15-5-4-14)7-16-12(18)17-11/h1-3,6-7,15H,4-5,14H2,(H,16,17,18). The first kappa shape index (κ1) is 12.8. The highest BCUT2D eigenvalue weighted by atomic mass is 79.9. The van der Waals surface area contributed by atoms with Gasteiger partial charge in [-0.25, -0.2) is 4.79 Å². The van der Waals surface area contributed by atoms with Gasteiger partial charge < -0.3 is 16.0 Å². The Morgan fingerprint density at radius 3 is 3.00 bits per heavy atom. The van der Waals surface area contributed by atoms with Gasteiger partial charge in [-0.2, -0.15) is 4.98 Å². The van der Waals surface area contributed by atoms with Crippen molar-refractivity contribution in [2.75, 3.05) is 18.4 Å². The molecule has 0 amide bonds.